The lowest BCUT2D eigenvalue weighted by Gasteiger charge is -2.12. The van der Waals surface area contributed by atoms with Crippen LogP contribution in [0, 0.1) is 6.92 Å². The summed E-state index contributed by atoms with van der Waals surface area (Å²) >= 11 is 0. The van der Waals surface area contributed by atoms with Crippen molar-refractivity contribution in [3.05, 3.63) is 59.2 Å². The lowest BCUT2D eigenvalue weighted by molar-refractivity contribution is 0.0526. The van der Waals surface area contributed by atoms with Gasteiger partial charge in [-0.15, -0.1) is 0 Å². The van der Waals surface area contributed by atoms with Crippen molar-refractivity contribution < 1.29 is 14.3 Å². The number of esters is 1. The molecule has 0 fully saturated rings. The van der Waals surface area contributed by atoms with E-state index in [1.54, 1.807) is 25.1 Å². The SMILES string of the molecule is CCOC(=O)c1ccc(N)c(OCc2ccccc2C)c1. The van der Waals surface area contributed by atoms with Gasteiger partial charge in [0, 0.05) is 0 Å². The minimum atomic E-state index is -0.377. The maximum atomic E-state index is 11.7. The van der Waals surface area contributed by atoms with Gasteiger partial charge in [-0.25, -0.2) is 4.79 Å². The van der Waals surface area contributed by atoms with Crippen molar-refractivity contribution in [2.45, 2.75) is 20.5 Å². The summed E-state index contributed by atoms with van der Waals surface area (Å²) in [5.41, 5.74) is 9.05. The summed E-state index contributed by atoms with van der Waals surface area (Å²) in [5.74, 6) is 0.113. The highest BCUT2D eigenvalue weighted by atomic mass is 16.5. The van der Waals surface area contributed by atoms with Gasteiger partial charge in [0.15, 0.2) is 0 Å². The molecule has 21 heavy (non-hydrogen) atoms. The Hall–Kier alpha value is -2.49. The number of rotatable bonds is 5. The van der Waals surface area contributed by atoms with Gasteiger partial charge in [-0.05, 0) is 43.2 Å². The Balaban J connectivity index is 2.14. The second-order valence-corrected chi connectivity index (χ2v) is 4.69. The summed E-state index contributed by atoms with van der Waals surface area (Å²) in [7, 11) is 0. The maximum absolute atomic E-state index is 11.7. The first-order valence-corrected chi connectivity index (χ1v) is 6.85. The molecule has 2 N–H and O–H groups in total. The number of carbonyl (C=O) groups is 1. The Bertz CT molecular complexity index is 638. The fourth-order valence-corrected chi connectivity index (χ4v) is 1.93. The zero-order valence-electron chi connectivity index (χ0n) is 12.3. The molecule has 2 aromatic carbocycles. The van der Waals surface area contributed by atoms with Gasteiger partial charge in [0.1, 0.15) is 12.4 Å². The van der Waals surface area contributed by atoms with Crippen LogP contribution in [-0.4, -0.2) is 12.6 Å². The van der Waals surface area contributed by atoms with Crippen molar-refractivity contribution >= 4 is 11.7 Å². The van der Waals surface area contributed by atoms with Crippen LogP contribution in [0.1, 0.15) is 28.4 Å². The lowest BCUT2D eigenvalue weighted by atomic mass is 10.1. The Morgan fingerprint density at radius 2 is 1.95 bits per heavy atom. The number of benzene rings is 2. The van der Waals surface area contributed by atoms with Crippen LogP contribution in [0.25, 0.3) is 0 Å². The Morgan fingerprint density at radius 3 is 2.67 bits per heavy atom. The Kier molecular flexibility index (Phi) is 4.82. The molecule has 0 aliphatic rings. The number of anilines is 1. The highest BCUT2D eigenvalue weighted by Crippen LogP contribution is 2.24. The molecule has 0 aliphatic heterocycles. The molecule has 0 spiro atoms. The van der Waals surface area contributed by atoms with E-state index in [0.717, 1.165) is 11.1 Å². The second-order valence-electron chi connectivity index (χ2n) is 4.69. The number of aryl methyl sites for hydroxylation is 1. The van der Waals surface area contributed by atoms with Crippen molar-refractivity contribution in [1.29, 1.82) is 0 Å². The summed E-state index contributed by atoms with van der Waals surface area (Å²) < 4.78 is 10.7. The molecule has 0 aliphatic carbocycles. The van der Waals surface area contributed by atoms with Crippen molar-refractivity contribution in [2.24, 2.45) is 0 Å². The number of nitrogen functional groups attached to an aromatic ring is 1. The molecule has 0 atom stereocenters. The van der Waals surface area contributed by atoms with E-state index in [4.69, 9.17) is 15.2 Å². The maximum Gasteiger partial charge on any atom is 0.338 e. The molecule has 0 saturated carbocycles. The molecule has 0 saturated heterocycles. The molecular formula is C17H19NO3. The van der Waals surface area contributed by atoms with Gasteiger partial charge in [0.2, 0.25) is 0 Å². The van der Waals surface area contributed by atoms with E-state index < -0.39 is 0 Å². The van der Waals surface area contributed by atoms with Crippen molar-refractivity contribution in [3.8, 4) is 5.75 Å². The van der Waals surface area contributed by atoms with Gasteiger partial charge < -0.3 is 15.2 Å². The van der Waals surface area contributed by atoms with Gasteiger partial charge in [0.25, 0.3) is 0 Å². The van der Waals surface area contributed by atoms with Gasteiger partial charge >= 0.3 is 5.97 Å². The smallest absolute Gasteiger partial charge is 0.338 e. The summed E-state index contributed by atoms with van der Waals surface area (Å²) in [6.45, 7) is 4.54. The summed E-state index contributed by atoms with van der Waals surface area (Å²) in [6, 6.07) is 12.9. The highest BCUT2D eigenvalue weighted by Gasteiger charge is 2.10. The van der Waals surface area contributed by atoms with Crippen LogP contribution in [0.5, 0.6) is 5.75 Å². The quantitative estimate of drug-likeness (QED) is 0.676. The number of hydrogen-bond donors (Lipinski definition) is 1. The van der Waals surface area contributed by atoms with Crippen LogP contribution in [-0.2, 0) is 11.3 Å². The predicted octanol–water partition coefficient (Wildman–Crippen LogP) is 3.33. The average Bonchev–Trinajstić information content (AvgIpc) is 2.48. The highest BCUT2D eigenvalue weighted by molar-refractivity contribution is 5.90. The monoisotopic (exact) mass is 285 g/mol. The second kappa shape index (κ2) is 6.79. The Morgan fingerprint density at radius 1 is 1.19 bits per heavy atom. The van der Waals surface area contributed by atoms with E-state index in [-0.39, 0.29) is 5.97 Å². The minimum absolute atomic E-state index is 0.336. The van der Waals surface area contributed by atoms with E-state index in [9.17, 15) is 4.79 Å². The van der Waals surface area contributed by atoms with Crippen molar-refractivity contribution in [3.63, 3.8) is 0 Å². The molecule has 0 radical (unpaired) electrons. The minimum Gasteiger partial charge on any atom is -0.487 e. The van der Waals surface area contributed by atoms with Crippen LogP contribution in [0.4, 0.5) is 5.69 Å². The van der Waals surface area contributed by atoms with E-state index in [0.29, 0.717) is 30.2 Å². The molecule has 4 nitrogen and oxygen atoms in total. The number of carbonyl (C=O) groups excluding carboxylic acids is 1. The van der Waals surface area contributed by atoms with Gasteiger partial charge in [-0.1, -0.05) is 24.3 Å². The molecule has 4 heteroatoms. The third-order valence-electron chi connectivity index (χ3n) is 3.17. The fraction of sp³-hybridized carbons (Fsp3) is 0.235. The molecule has 2 aromatic rings. The van der Waals surface area contributed by atoms with Crippen LogP contribution in [0.3, 0.4) is 0 Å². The van der Waals surface area contributed by atoms with Crippen LogP contribution in [0.2, 0.25) is 0 Å². The van der Waals surface area contributed by atoms with Gasteiger partial charge in [-0.2, -0.15) is 0 Å². The molecule has 110 valence electrons. The fourth-order valence-electron chi connectivity index (χ4n) is 1.93. The average molecular weight is 285 g/mol. The molecular weight excluding hydrogens is 266 g/mol. The first-order chi connectivity index (χ1) is 10.1. The summed E-state index contributed by atoms with van der Waals surface area (Å²) in [5, 5.41) is 0. The van der Waals surface area contributed by atoms with Crippen molar-refractivity contribution in [2.75, 3.05) is 12.3 Å². The topological polar surface area (TPSA) is 61.5 Å². The third kappa shape index (κ3) is 3.75. The van der Waals surface area contributed by atoms with E-state index >= 15 is 0 Å². The zero-order chi connectivity index (χ0) is 15.2. The lowest BCUT2D eigenvalue weighted by Crippen LogP contribution is -2.06. The summed E-state index contributed by atoms with van der Waals surface area (Å²) in [6.07, 6.45) is 0. The van der Waals surface area contributed by atoms with Crippen LogP contribution in [0.15, 0.2) is 42.5 Å². The van der Waals surface area contributed by atoms with Gasteiger partial charge in [0.05, 0.1) is 17.9 Å². The van der Waals surface area contributed by atoms with E-state index in [1.807, 2.05) is 31.2 Å². The number of ether oxygens (including phenoxy) is 2. The van der Waals surface area contributed by atoms with E-state index in [2.05, 4.69) is 0 Å². The molecule has 0 unspecified atom stereocenters. The standard InChI is InChI=1S/C17H19NO3/c1-3-20-17(19)13-8-9-15(18)16(10-13)21-11-14-7-5-4-6-12(14)2/h4-10H,3,11,18H2,1-2H3. The Labute approximate surface area is 124 Å². The third-order valence-corrected chi connectivity index (χ3v) is 3.17. The molecule has 0 aromatic heterocycles. The normalized spacial score (nSPS) is 10.2. The summed E-state index contributed by atoms with van der Waals surface area (Å²) in [4.78, 5) is 11.7. The predicted molar refractivity (Wildman–Crippen MR) is 82.3 cm³/mol. The first-order valence-electron chi connectivity index (χ1n) is 6.85. The van der Waals surface area contributed by atoms with Crippen LogP contribution >= 0.6 is 0 Å². The van der Waals surface area contributed by atoms with Crippen LogP contribution < -0.4 is 10.5 Å². The first kappa shape index (κ1) is 14.9. The molecule has 0 amide bonds. The van der Waals surface area contributed by atoms with E-state index in [1.165, 1.54) is 0 Å². The number of nitrogens with two attached hydrogens (primary N) is 1. The number of hydrogen-bond acceptors (Lipinski definition) is 4. The largest absolute Gasteiger partial charge is 0.487 e. The molecule has 2 rings (SSSR count). The van der Waals surface area contributed by atoms with Crippen molar-refractivity contribution in [1.82, 2.24) is 0 Å². The van der Waals surface area contributed by atoms with Gasteiger partial charge in [-0.3, -0.25) is 0 Å². The zero-order valence-corrected chi connectivity index (χ0v) is 12.3. The molecule has 0 heterocycles. The molecule has 0 bridgehead atoms.